The van der Waals surface area contributed by atoms with Gasteiger partial charge in [0.15, 0.2) is 5.43 Å². The Bertz CT molecular complexity index is 1170. The molecule has 1 aliphatic rings. The summed E-state index contributed by atoms with van der Waals surface area (Å²) in [6.07, 6.45) is 0. The quantitative estimate of drug-likeness (QED) is 0.668. The average Bonchev–Trinajstić information content (AvgIpc) is 3.03. The summed E-state index contributed by atoms with van der Waals surface area (Å²) in [6, 6.07) is 11.9. The van der Waals surface area contributed by atoms with Crippen LogP contribution in [-0.4, -0.2) is 52.2 Å². The number of hydrogen-bond acceptors (Lipinski definition) is 5. The van der Waals surface area contributed by atoms with Gasteiger partial charge in [-0.2, -0.15) is 0 Å². The third-order valence-corrected chi connectivity index (χ3v) is 5.46. The standard InChI is InChI=1S/C23H24N2O5/c1-24(2)11-12-25-20(15-7-5-6-8-17(15)29-4)19-21(26)16-10-9-14(28-3)13-18(16)30-22(19)23(25)27/h5-10,13,20H,11-12H2,1-4H3/p+1/t20-/m0/s1. The molecule has 7 heteroatoms. The largest absolute Gasteiger partial charge is 0.497 e. The fourth-order valence-electron chi connectivity index (χ4n) is 3.92. The highest BCUT2D eigenvalue weighted by molar-refractivity contribution is 5.99. The molecule has 2 heterocycles. The highest BCUT2D eigenvalue weighted by atomic mass is 16.5. The number of quaternary nitrogens is 1. The van der Waals surface area contributed by atoms with Gasteiger partial charge in [-0.3, -0.25) is 9.59 Å². The van der Waals surface area contributed by atoms with Gasteiger partial charge in [0.1, 0.15) is 17.1 Å². The number of rotatable bonds is 6. The smallest absolute Gasteiger partial charge is 0.291 e. The molecular formula is C23H25N2O5+. The molecule has 156 valence electrons. The monoisotopic (exact) mass is 409 g/mol. The minimum atomic E-state index is -0.564. The number of benzene rings is 2. The first-order valence-electron chi connectivity index (χ1n) is 9.84. The van der Waals surface area contributed by atoms with E-state index in [1.165, 1.54) is 4.90 Å². The Hall–Kier alpha value is -3.32. The van der Waals surface area contributed by atoms with Crippen LogP contribution >= 0.6 is 0 Å². The number of carbonyl (C=O) groups excluding carboxylic acids is 1. The second-order valence-corrected chi connectivity index (χ2v) is 7.64. The van der Waals surface area contributed by atoms with E-state index in [1.54, 1.807) is 37.3 Å². The number of fused-ring (bicyclic) bond motifs is 2. The first-order valence-corrected chi connectivity index (χ1v) is 9.84. The number of hydrogen-bond donors (Lipinski definition) is 1. The van der Waals surface area contributed by atoms with Crippen LogP contribution in [0.4, 0.5) is 0 Å². The number of methoxy groups -OCH3 is 2. The van der Waals surface area contributed by atoms with E-state index in [0.29, 0.717) is 34.6 Å². The Morgan fingerprint density at radius 1 is 1.07 bits per heavy atom. The van der Waals surface area contributed by atoms with E-state index in [4.69, 9.17) is 13.9 Å². The van der Waals surface area contributed by atoms with Gasteiger partial charge in [0.05, 0.1) is 58.4 Å². The van der Waals surface area contributed by atoms with Crippen LogP contribution in [0.15, 0.2) is 51.7 Å². The summed E-state index contributed by atoms with van der Waals surface area (Å²) in [5.74, 6) is 0.986. The zero-order valence-corrected chi connectivity index (χ0v) is 17.5. The minimum absolute atomic E-state index is 0.0883. The van der Waals surface area contributed by atoms with E-state index >= 15 is 0 Å². The predicted octanol–water partition coefficient (Wildman–Crippen LogP) is 1.50. The molecule has 0 saturated carbocycles. The first-order chi connectivity index (χ1) is 14.5. The molecule has 0 aliphatic carbocycles. The van der Waals surface area contributed by atoms with Gasteiger partial charge < -0.3 is 23.7 Å². The summed E-state index contributed by atoms with van der Waals surface area (Å²) >= 11 is 0. The lowest BCUT2D eigenvalue weighted by Crippen LogP contribution is -3.06. The summed E-state index contributed by atoms with van der Waals surface area (Å²) in [4.78, 5) is 29.8. The molecule has 30 heavy (non-hydrogen) atoms. The van der Waals surface area contributed by atoms with Crippen LogP contribution in [0.1, 0.15) is 27.7 Å². The van der Waals surface area contributed by atoms with E-state index in [0.717, 1.165) is 12.1 Å². The molecule has 4 rings (SSSR count). The molecule has 1 N–H and O–H groups in total. The Morgan fingerprint density at radius 2 is 1.83 bits per heavy atom. The number of carbonyl (C=O) groups is 1. The first kappa shape index (κ1) is 20.0. The summed E-state index contributed by atoms with van der Waals surface area (Å²) < 4.78 is 16.8. The van der Waals surface area contributed by atoms with Crippen molar-refractivity contribution in [3.05, 3.63) is 69.6 Å². The molecule has 2 aromatic carbocycles. The Morgan fingerprint density at radius 3 is 2.53 bits per heavy atom. The van der Waals surface area contributed by atoms with Gasteiger partial charge in [0.25, 0.3) is 5.91 Å². The molecule has 0 radical (unpaired) electrons. The molecule has 0 fully saturated rings. The molecular weight excluding hydrogens is 384 g/mol. The summed E-state index contributed by atoms with van der Waals surface area (Å²) in [5, 5.41) is 0.419. The van der Waals surface area contributed by atoms with Gasteiger partial charge in [-0.15, -0.1) is 0 Å². The van der Waals surface area contributed by atoms with Crippen molar-refractivity contribution >= 4 is 16.9 Å². The normalized spacial score (nSPS) is 15.7. The number of nitrogens with zero attached hydrogens (tertiary/aromatic N) is 1. The molecule has 0 bridgehead atoms. The number of para-hydroxylation sites is 1. The van der Waals surface area contributed by atoms with Gasteiger partial charge in [-0.25, -0.2) is 0 Å². The lowest BCUT2D eigenvalue weighted by atomic mass is 9.97. The summed E-state index contributed by atoms with van der Waals surface area (Å²) in [6.45, 7) is 1.21. The lowest BCUT2D eigenvalue weighted by Gasteiger charge is -2.26. The van der Waals surface area contributed by atoms with Crippen LogP contribution < -0.4 is 19.8 Å². The molecule has 1 atom stereocenters. The van der Waals surface area contributed by atoms with Crippen molar-refractivity contribution in [2.45, 2.75) is 6.04 Å². The highest BCUT2D eigenvalue weighted by Gasteiger charge is 2.43. The maximum atomic E-state index is 13.5. The van der Waals surface area contributed by atoms with Crippen molar-refractivity contribution < 1.29 is 23.6 Å². The van der Waals surface area contributed by atoms with Crippen molar-refractivity contribution in [1.82, 2.24) is 4.90 Å². The van der Waals surface area contributed by atoms with Crippen LogP contribution in [0.25, 0.3) is 11.0 Å². The molecule has 1 aliphatic heterocycles. The Balaban J connectivity index is 1.96. The zero-order chi connectivity index (χ0) is 21.4. The van der Waals surface area contributed by atoms with E-state index in [-0.39, 0.29) is 17.1 Å². The van der Waals surface area contributed by atoms with Crippen LogP contribution in [0.3, 0.4) is 0 Å². The van der Waals surface area contributed by atoms with E-state index in [2.05, 4.69) is 0 Å². The molecule has 0 saturated heterocycles. The predicted molar refractivity (Wildman–Crippen MR) is 113 cm³/mol. The van der Waals surface area contributed by atoms with Crippen LogP contribution in [0.5, 0.6) is 11.5 Å². The van der Waals surface area contributed by atoms with Gasteiger partial charge >= 0.3 is 0 Å². The fourth-order valence-corrected chi connectivity index (χ4v) is 3.92. The third-order valence-electron chi connectivity index (χ3n) is 5.46. The summed E-state index contributed by atoms with van der Waals surface area (Å²) in [5.41, 5.74) is 1.25. The van der Waals surface area contributed by atoms with Gasteiger partial charge in [0, 0.05) is 11.6 Å². The van der Waals surface area contributed by atoms with E-state index in [9.17, 15) is 9.59 Å². The van der Waals surface area contributed by atoms with Crippen molar-refractivity contribution in [2.24, 2.45) is 0 Å². The Labute approximate surface area is 174 Å². The number of likely N-dealkylation sites (N-methyl/N-ethyl adjacent to an activating group) is 1. The fraction of sp³-hybridized carbons (Fsp3) is 0.304. The van der Waals surface area contributed by atoms with Gasteiger partial charge in [0.2, 0.25) is 5.76 Å². The van der Waals surface area contributed by atoms with Gasteiger partial charge in [-0.1, -0.05) is 18.2 Å². The van der Waals surface area contributed by atoms with Crippen LogP contribution in [0.2, 0.25) is 0 Å². The topological polar surface area (TPSA) is 73.4 Å². The maximum Gasteiger partial charge on any atom is 0.291 e. The number of amides is 1. The van der Waals surface area contributed by atoms with E-state index in [1.807, 2.05) is 38.4 Å². The van der Waals surface area contributed by atoms with Crippen LogP contribution in [0, 0.1) is 0 Å². The number of ether oxygens (including phenoxy) is 2. The van der Waals surface area contributed by atoms with Crippen LogP contribution in [-0.2, 0) is 0 Å². The highest BCUT2D eigenvalue weighted by Crippen LogP contribution is 2.41. The summed E-state index contributed by atoms with van der Waals surface area (Å²) in [7, 11) is 7.17. The minimum Gasteiger partial charge on any atom is -0.497 e. The molecule has 1 aromatic heterocycles. The molecule has 7 nitrogen and oxygen atoms in total. The van der Waals surface area contributed by atoms with Gasteiger partial charge in [-0.05, 0) is 18.2 Å². The molecule has 0 spiro atoms. The Kier molecular flexibility index (Phi) is 5.22. The van der Waals surface area contributed by atoms with Crippen molar-refractivity contribution in [3.63, 3.8) is 0 Å². The number of nitrogens with one attached hydrogen (secondary N) is 1. The van der Waals surface area contributed by atoms with Crippen molar-refractivity contribution in [2.75, 3.05) is 41.4 Å². The average molecular weight is 409 g/mol. The van der Waals surface area contributed by atoms with E-state index < -0.39 is 6.04 Å². The lowest BCUT2D eigenvalue weighted by molar-refractivity contribution is -0.857. The molecule has 1 amide bonds. The second-order valence-electron chi connectivity index (χ2n) is 7.64. The zero-order valence-electron chi connectivity index (χ0n) is 17.5. The van der Waals surface area contributed by atoms with Crippen molar-refractivity contribution in [3.8, 4) is 11.5 Å². The van der Waals surface area contributed by atoms with Crippen molar-refractivity contribution in [1.29, 1.82) is 0 Å². The molecule has 3 aromatic rings. The third kappa shape index (κ3) is 3.21. The second kappa shape index (κ2) is 7.84. The maximum absolute atomic E-state index is 13.5. The SMILES string of the molecule is COc1ccc2c(=O)c3c(oc2c1)C(=O)N(CC[NH+](C)C)[C@H]3c1ccccc1OC. The molecule has 0 unspecified atom stereocenters.